The molecule has 2 unspecified atom stereocenters. The third-order valence-electron chi connectivity index (χ3n) is 4.97. The van der Waals surface area contributed by atoms with Crippen LogP contribution in [-0.4, -0.2) is 45.7 Å². The van der Waals surface area contributed by atoms with Crippen LogP contribution in [0, 0.1) is 0 Å². The lowest BCUT2D eigenvalue weighted by Crippen LogP contribution is -2.51. The number of methoxy groups -OCH3 is 2. The van der Waals surface area contributed by atoms with Crippen molar-refractivity contribution >= 4 is 17.3 Å². The number of benzene rings is 2. The summed E-state index contributed by atoms with van der Waals surface area (Å²) in [6, 6.07) is 8.85. The van der Waals surface area contributed by atoms with E-state index in [2.05, 4.69) is 4.74 Å². The van der Waals surface area contributed by atoms with E-state index in [9.17, 15) is 31.1 Å². The van der Waals surface area contributed by atoms with Crippen LogP contribution in [0.2, 0.25) is 0 Å². The van der Waals surface area contributed by atoms with E-state index in [0.717, 1.165) is 0 Å². The molecule has 1 aliphatic rings. The second-order valence-electron chi connectivity index (χ2n) is 6.68. The van der Waals surface area contributed by atoms with Gasteiger partial charge in [0.2, 0.25) is 0 Å². The van der Waals surface area contributed by atoms with Crippen molar-refractivity contribution in [3.05, 3.63) is 47.5 Å². The Bertz CT molecular complexity index is 996. The number of carbonyl (C=O) groups excluding carboxylic acids is 1. The van der Waals surface area contributed by atoms with E-state index >= 15 is 0 Å². The molecule has 0 saturated carbocycles. The molecule has 0 aromatic heterocycles. The molecule has 0 fully saturated rings. The van der Waals surface area contributed by atoms with Gasteiger partial charge in [-0.3, -0.25) is 4.79 Å². The van der Waals surface area contributed by atoms with Crippen molar-refractivity contribution in [2.45, 2.75) is 24.4 Å². The number of alkyl halides is 6. The van der Waals surface area contributed by atoms with Crippen LogP contribution >= 0.6 is 0 Å². The molecule has 5 nitrogen and oxygen atoms in total. The molecule has 31 heavy (non-hydrogen) atoms. The highest BCUT2D eigenvalue weighted by Gasteiger charge is 2.67. The molecule has 1 heterocycles. The fourth-order valence-electron chi connectivity index (χ4n) is 3.43. The SMILES string of the molecule is COc1cc2c(cc1OC)N(C)c1ccccc1C2C(=O)OC(F)(C(F)F)C(F)(F)F. The molecule has 0 N–H and O–H groups in total. The van der Waals surface area contributed by atoms with Gasteiger partial charge in [-0.15, -0.1) is 0 Å². The topological polar surface area (TPSA) is 48.0 Å². The van der Waals surface area contributed by atoms with Crippen molar-refractivity contribution in [3.63, 3.8) is 0 Å². The number of halogens is 6. The minimum absolute atomic E-state index is 0.0719. The first-order valence-corrected chi connectivity index (χ1v) is 8.81. The van der Waals surface area contributed by atoms with Crippen molar-refractivity contribution < 1.29 is 45.3 Å². The number of rotatable bonds is 5. The van der Waals surface area contributed by atoms with Crippen LogP contribution in [0.15, 0.2) is 36.4 Å². The second kappa shape index (κ2) is 7.86. The summed E-state index contributed by atoms with van der Waals surface area (Å²) in [5, 5.41) is 0. The molecule has 0 aliphatic carbocycles. The van der Waals surface area contributed by atoms with Crippen molar-refractivity contribution in [1.29, 1.82) is 0 Å². The van der Waals surface area contributed by atoms with Crippen LogP contribution in [0.3, 0.4) is 0 Å². The standard InChI is InChI=1S/C20H17F6NO4/c1-27-12-7-5-4-6-10(12)16(11-8-14(29-2)15(30-3)9-13(11)27)17(28)31-19(23,18(21)22)20(24,25)26/h4-9,16,18H,1-3H3. The Kier molecular flexibility index (Phi) is 5.72. The molecule has 2 aromatic rings. The summed E-state index contributed by atoms with van der Waals surface area (Å²) in [6.45, 7) is 0. The van der Waals surface area contributed by atoms with Gasteiger partial charge in [0.15, 0.2) is 11.5 Å². The minimum atomic E-state index is -6.14. The quantitative estimate of drug-likeness (QED) is 0.478. The number of para-hydroxylation sites is 1. The third-order valence-corrected chi connectivity index (χ3v) is 4.97. The number of ether oxygens (including phenoxy) is 3. The fraction of sp³-hybridized carbons (Fsp3) is 0.350. The van der Waals surface area contributed by atoms with Crippen LogP contribution in [-0.2, 0) is 9.53 Å². The van der Waals surface area contributed by atoms with E-state index in [1.807, 2.05) is 0 Å². The summed E-state index contributed by atoms with van der Waals surface area (Å²) in [5.41, 5.74) is 0.917. The van der Waals surface area contributed by atoms with Gasteiger partial charge in [-0.2, -0.15) is 17.6 Å². The zero-order valence-electron chi connectivity index (χ0n) is 16.5. The molecule has 1 aliphatic heterocycles. The average Bonchev–Trinajstić information content (AvgIpc) is 2.72. The first kappa shape index (κ1) is 22.6. The van der Waals surface area contributed by atoms with Crippen LogP contribution in [0.4, 0.5) is 37.7 Å². The van der Waals surface area contributed by atoms with E-state index in [1.54, 1.807) is 24.1 Å². The van der Waals surface area contributed by atoms with Gasteiger partial charge in [0.1, 0.15) is 5.92 Å². The first-order valence-electron chi connectivity index (χ1n) is 8.81. The largest absolute Gasteiger partial charge is 0.493 e. The maximum Gasteiger partial charge on any atom is 0.466 e. The normalized spacial score (nSPS) is 17.5. The minimum Gasteiger partial charge on any atom is -0.493 e. The van der Waals surface area contributed by atoms with E-state index < -0.39 is 30.3 Å². The summed E-state index contributed by atoms with van der Waals surface area (Å²) in [7, 11) is 4.28. The van der Waals surface area contributed by atoms with Gasteiger partial charge in [0.25, 0.3) is 0 Å². The third kappa shape index (κ3) is 3.61. The van der Waals surface area contributed by atoms with E-state index in [4.69, 9.17) is 9.47 Å². The second-order valence-corrected chi connectivity index (χ2v) is 6.68. The predicted octanol–water partition coefficient (Wildman–Crippen LogP) is 4.95. The zero-order valence-corrected chi connectivity index (χ0v) is 16.5. The van der Waals surface area contributed by atoms with Gasteiger partial charge >= 0.3 is 24.4 Å². The van der Waals surface area contributed by atoms with Crippen molar-refractivity contribution in [1.82, 2.24) is 0 Å². The van der Waals surface area contributed by atoms with E-state index in [1.165, 1.54) is 38.5 Å². The molecule has 0 bridgehead atoms. The molecule has 2 aromatic carbocycles. The Morgan fingerprint density at radius 1 is 0.968 bits per heavy atom. The smallest absolute Gasteiger partial charge is 0.466 e. The molecule has 0 radical (unpaired) electrons. The lowest BCUT2D eigenvalue weighted by molar-refractivity contribution is -0.356. The number of carbonyl (C=O) groups is 1. The summed E-state index contributed by atoms with van der Waals surface area (Å²) < 4.78 is 93.2. The Morgan fingerprint density at radius 2 is 1.55 bits per heavy atom. The number of nitrogens with zero attached hydrogens (tertiary/aromatic N) is 1. The van der Waals surface area contributed by atoms with Gasteiger partial charge < -0.3 is 19.1 Å². The van der Waals surface area contributed by atoms with Crippen molar-refractivity contribution in [2.24, 2.45) is 0 Å². The summed E-state index contributed by atoms with van der Waals surface area (Å²) in [5.74, 6) is -8.53. The number of hydrogen-bond acceptors (Lipinski definition) is 5. The summed E-state index contributed by atoms with van der Waals surface area (Å²) in [4.78, 5) is 14.4. The Morgan fingerprint density at radius 3 is 2.10 bits per heavy atom. The van der Waals surface area contributed by atoms with Gasteiger partial charge in [0.05, 0.1) is 14.2 Å². The van der Waals surface area contributed by atoms with Crippen molar-refractivity contribution in [3.8, 4) is 11.5 Å². The summed E-state index contributed by atoms with van der Waals surface area (Å²) >= 11 is 0. The molecule has 2 atom stereocenters. The van der Waals surface area contributed by atoms with Gasteiger partial charge in [-0.05, 0) is 23.3 Å². The monoisotopic (exact) mass is 449 g/mol. The molecule has 0 spiro atoms. The molecule has 0 amide bonds. The number of anilines is 2. The molecule has 0 saturated heterocycles. The van der Waals surface area contributed by atoms with Gasteiger partial charge in [0, 0.05) is 24.5 Å². The zero-order chi connectivity index (χ0) is 23.1. The Balaban J connectivity index is 2.19. The van der Waals surface area contributed by atoms with Crippen LogP contribution < -0.4 is 14.4 Å². The highest BCUT2D eigenvalue weighted by Crippen LogP contribution is 2.50. The number of fused-ring (bicyclic) bond motifs is 2. The van der Waals surface area contributed by atoms with E-state index in [0.29, 0.717) is 11.4 Å². The number of hydrogen-bond donors (Lipinski definition) is 0. The first-order chi connectivity index (χ1) is 14.5. The van der Waals surface area contributed by atoms with Gasteiger partial charge in [-0.25, -0.2) is 8.78 Å². The maximum absolute atomic E-state index is 14.1. The highest BCUT2D eigenvalue weighted by molar-refractivity contribution is 5.92. The lowest BCUT2D eigenvalue weighted by Gasteiger charge is -2.36. The average molecular weight is 449 g/mol. The maximum atomic E-state index is 14.1. The van der Waals surface area contributed by atoms with Crippen molar-refractivity contribution in [2.75, 3.05) is 26.2 Å². The van der Waals surface area contributed by atoms with Crippen LogP contribution in [0.1, 0.15) is 17.0 Å². The van der Waals surface area contributed by atoms with Crippen LogP contribution in [0.5, 0.6) is 11.5 Å². The molecule has 3 rings (SSSR count). The van der Waals surface area contributed by atoms with Gasteiger partial charge in [-0.1, -0.05) is 18.2 Å². The number of esters is 1. The summed E-state index contributed by atoms with van der Waals surface area (Å²) in [6.07, 6.45) is -10.8. The Hall–Kier alpha value is -3.11. The molecular formula is C20H17F6NO4. The molecular weight excluding hydrogens is 432 g/mol. The lowest BCUT2D eigenvalue weighted by atomic mass is 9.84. The predicted molar refractivity (Wildman–Crippen MR) is 97.9 cm³/mol. The highest BCUT2D eigenvalue weighted by atomic mass is 19.4. The van der Waals surface area contributed by atoms with E-state index in [-0.39, 0.29) is 22.6 Å². The van der Waals surface area contributed by atoms with Crippen LogP contribution in [0.25, 0.3) is 0 Å². The molecule has 11 heteroatoms. The fourth-order valence-corrected chi connectivity index (χ4v) is 3.43. The molecule has 168 valence electrons. The Labute approximate surface area is 173 Å².